The molecular weight excluding hydrogens is 273 g/mol. The van der Waals surface area contributed by atoms with Crippen molar-refractivity contribution in [2.75, 3.05) is 0 Å². The number of rotatable bonds is 4. The zero-order valence-corrected chi connectivity index (χ0v) is 12.8. The first kappa shape index (κ1) is 15.0. The van der Waals surface area contributed by atoms with E-state index in [0.29, 0.717) is 12.6 Å². The van der Waals surface area contributed by atoms with Gasteiger partial charge in [0.15, 0.2) is 0 Å². The van der Waals surface area contributed by atoms with E-state index in [0.717, 1.165) is 27.3 Å². The van der Waals surface area contributed by atoms with Crippen LogP contribution < -0.4 is 5.32 Å². The van der Waals surface area contributed by atoms with E-state index in [1.165, 1.54) is 6.07 Å². The summed E-state index contributed by atoms with van der Waals surface area (Å²) in [5.74, 6) is -0.220. The Hall–Kier alpha value is -1.38. The zero-order valence-electron chi connectivity index (χ0n) is 12.0. The van der Waals surface area contributed by atoms with Crippen LogP contribution in [0.25, 0.3) is 11.1 Å². The van der Waals surface area contributed by atoms with Crippen molar-refractivity contribution in [3.63, 3.8) is 0 Å². The summed E-state index contributed by atoms with van der Waals surface area (Å²) in [4.78, 5) is 0. The molecule has 0 fully saturated rings. The Bertz CT molecular complexity index is 608. The third-order valence-electron chi connectivity index (χ3n) is 3.26. The molecule has 0 amide bonds. The van der Waals surface area contributed by atoms with Crippen LogP contribution in [0.4, 0.5) is 4.39 Å². The van der Waals surface area contributed by atoms with Gasteiger partial charge in [-0.25, -0.2) is 4.39 Å². The molecule has 0 aliphatic heterocycles. The Kier molecular flexibility index (Phi) is 4.79. The summed E-state index contributed by atoms with van der Waals surface area (Å²) in [5.41, 5.74) is 3.98. The van der Waals surface area contributed by atoms with E-state index in [-0.39, 0.29) is 5.82 Å². The standard InChI is InChI=1S/C17H19ClFN/c1-11(2)20-10-14-8-13(5-7-17(14)18)16-9-15(19)6-4-12(16)3/h4-9,11,20H,10H2,1-3H3. The monoisotopic (exact) mass is 291 g/mol. The molecule has 20 heavy (non-hydrogen) atoms. The Morgan fingerprint density at radius 2 is 1.90 bits per heavy atom. The molecule has 0 aliphatic rings. The van der Waals surface area contributed by atoms with Gasteiger partial charge in [-0.3, -0.25) is 0 Å². The predicted octanol–water partition coefficient (Wildman–Crippen LogP) is 4.95. The minimum absolute atomic E-state index is 0.220. The molecule has 0 heterocycles. The van der Waals surface area contributed by atoms with E-state index in [1.807, 2.05) is 25.1 Å². The summed E-state index contributed by atoms with van der Waals surface area (Å²) in [6.45, 7) is 6.87. The molecule has 3 heteroatoms. The van der Waals surface area contributed by atoms with Crippen LogP contribution in [-0.2, 0) is 6.54 Å². The average Bonchev–Trinajstić information content (AvgIpc) is 2.40. The van der Waals surface area contributed by atoms with E-state index in [9.17, 15) is 4.39 Å². The van der Waals surface area contributed by atoms with Crippen LogP contribution in [0.5, 0.6) is 0 Å². The third kappa shape index (κ3) is 3.59. The van der Waals surface area contributed by atoms with Crippen LogP contribution in [0.15, 0.2) is 36.4 Å². The highest BCUT2D eigenvalue weighted by atomic mass is 35.5. The molecule has 0 aliphatic carbocycles. The molecule has 0 aromatic heterocycles. The van der Waals surface area contributed by atoms with Gasteiger partial charge in [-0.15, -0.1) is 0 Å². The maximum atomic E-state index is 13.4. The van der Waals surface area contributed by atoms with Crippen molar-refractivity contribution in [1.82, 2.24) is 5.32 Å². The largest absolute Gasteiger partial charge is 0.310 e. The van der Waals surface area contributed by atoms with Crippen LogP contribution in [0.2, 0.25) is 5.02 Å². The smallest absolute Gasteiger partial charge is 0.123 e. The van der Waals surface area contributed by atoms with Crippen molar-refractivity contribution >= 4 is 11.6 Å². The number of aryl methyl sites for hydroxylation is 1. The first-order valence-corrected chi connectivity index (χ1v) is 7.13. The maximum Gasteiger partial charge on any atom is 0.123 e. The highest BCUT2D eigenvalue weighted by Gasteiger charge is 2.07. The third-order valence-corrected chi connectivity index (χ3v) is 3.63. The summed E-state index contributed by atoms with van der Waals surface area (Å²) >= 11 is 6.22. The molecule has 2 aromatic carbocycles. The summed E-state index contributed by atoms with van der Waals surface area (Å²) in [7, 11) is 0. The molecule has 1 nitrogen and oxygen atoms in total. The van der Waals surface area contributed by atoms with Crippen molar-refractivity contribution in [3.8, 4) is 11.1 Å². The van der Waals surface area contributed by atoms with Crippen molar-refractivity contribution in [2.24, 2.45) is 0 Å². The lowest BCUT2D eigenvalue weighted by molar-refractivity contribution is 0.589. The number of nitrogens with one attached hydrogen (secondary N) is 1. The fourth-order valence-electron chi connectivity index (χ4n) is 2.10. The Morgan fingerprint density at radius 1 is 1.15 bits per heavy atom. The molecule has 106 valence electrons. The van der Waals surface area contributed by atoms with Gasteiger partial charge < -0.3 is 5.32 Å². The molecule has 0 spiro atoms. The van der Waals surface area contributed by atoms with Gasteiger partial charge in [0.25, 0.3) is 0 Å². The molecule has 0 saturated heterocycles. The van der Waals surface area contributed by atoms with Gasteiger partial charge in [0.05, 0.1) is 0 Å². The lowest BCUT2D eigenvalue weighted by atomic mass is 9.98. The average molecular weight is 292 g/mol. The molecule has 0 atom stereocenters. The number of benzene rings is 2. The number of halogens is 2. The highest BCUT2D eigenvalue weighted by Crippen LogP contribution is 2.28. The number of hydrogen-bond acceptors (Lipinski definition) is 1. The minimum Gasteiger partial charge on any atom is -0.310 e. The first-order valence-electron chi connectivity index (χ1n) is 6.75. The van der Waals surface area contributed by atoms with Crippen LogP contribution in [0.1, 0.15) is 25.0 Å². The van der Waals surface area contributed by atoms with E-state index in [1.54, 1.807) is 12.1 Å². The van der Waals surface area contributed by atoms with Gasteiger partial charge in [0.2, 0.25) is 0 Å². The van der Waals surface area contributed by atoms with Crippen molar-refractivity contribution in [3.05, 3.63) is 58.4 Å². The van der Waals surface area contributed by atoms with Crippen LogP contribution in [0, 0.1) is 12.7 Å². The minimum atomic E-state index is -0.220. The second-order valence-corrected chi connectivity index (χ2v) is 5.71. The van der Waals surface area contributed by atoms with E-state index in [2.05, 4.69) is 19.2 Å². The van der Waals surface area contributed by atoms with Gasteiger partial charge >= 0.3 is 0 Å². The molecule has 0 unspecified atom stereocenters. The summed E-state index contributed by atoms with van der Waals surface area (Å²) in [5, 5.41) is 4.08. The van der Waals surface area contributed by atoms with E-state index < -0.39 is 0 Å². The van der Waals surface area contributed by atoms with Gasteiger partial charge in [-0.2, -0.15) is 0 Å². The normalized spacial score (nSPS) is 11.1. The molecular formula is C17H19ClFN. The molecule has 2 aromatic rings. The predicted molar refractivity (Wildman–Crippen MR) is 83.6 cm³/mol. The van der Waals surface area contributed by atoms with Crippen molar-refractivity contribution < 1.29 is 4.39 Å². The highest BCUT2D eigenvalue weighted by molar-refractivity contribution is 6.31. The lowest BCUT2D eigenvalue weighted by Gasteiger charge is -2.12. The van der Waals surface area contributed by atoms with Crippen LogP contribution in [-0.4, -0.2) is 6.04 Å². The van der Waals surface area contributed by atoms with Gasteiger partial charge in [-0.1, -0.05) is 37.6 Å². The Morgan fingerprint density at radius 3 is 2.60 bits per heavy atom. The summed E-state index contributed by atoms with van der Waals surface area (Å²) < 4.78 is 13.4. The van der Waals surface area contributed by atoms with E-state index in [4.69, 9.17) is 11.6 Å². The van der Waals surface area contributed by atoms with Crippen molar-refractivity contribution in [1.29, 1.82) is 0 Å². The SMILES string of the molecule is Cc1ccc(F)cc1-c1ccc(Cl)c(CNC(C)C)c1. The fraction of sp³-hybridized carbons (Fsp3) is 0.294. The second kappa shape index (κ2) is 6.38. The Labute approximate surface area is 124 Å². The maximum absolute atomic E-state index is 13.4. The second-order valence-electron chi connectivity index (χ2n) is 5.30. The summed E-state index contributed by atoms with van der Waals surface area (Å²) in [6, 6.07) is 11.1. The van der Waals surface area contributed by atoms with Gasteiger partial charge in [0, 0.05) is 17.6 Å². The zero-order chi connectivity index (χ0) is 14.7. The molecule has 2 rings (SSSR count). The molecule has 1 N–H and O–H groups in total. The topological polar surface area (TPSA) is 12.0 Å². The number of hydrogen-bond donors (Lipinski definition) is 1. The first-order chi connectivity index (χ1) is 9.47. The quantitative estimate of drug-likeness (QED) is 0.840. The fourth-order valence-corrected chi connectivity index (χ4v) is 2.28. The van der Waals surface area contributed by atoms with Gasteiger partial charge in [-0.05, 0) is 53.4 Å². The molecule has 0 saturated carbocycles. The van der Waals surface area contributed by atoms with Crippen LogP contribution >= 0.6 is 11.6 Å². The van der Waals surface area contributed by atoms with Crippen molar-refractivity contribution in [2.45, 2.75) is 33.4 Å². The molecule has 0 bridgehead atoms. The Balaban J connectivity index is 2.37. The van der Waals surface area contributed by atoms with Crippen LogP contribution in [0.3, 0.4) is 0 Å². The van der Waals surface area contributed by atoms with Gasteiger partial charge in [0.1, 0.15) is 5.82 Å². The van der Waals surface area contributed by atoms with E-state index >= 15 is 0 Å². The lowest BCUT2D eigenvalue weighted by Crippen LogP contribution is -2.22. The molecule has 0 radical (unpaired) electrons. The summed E-state index contributed by atoms with van der Waals surface area (Å²) in [6.07, 6.45) is 0.